The summed E-state index contributed by atoms with van der Waals surface area (Å²) in [5.41, 5.74) is 2.60. The van der Waals surface area contributed by atoms with Crippen molar-refractivity contribution in [2.24, 2.45) is 0 Å². The number of Topliss-reactive ketones (excluding diaryl/α,β-unsaturated/α-hetero) is 1. The highest BCUT2D eigenvalue weighted by atomic mass is 16.1. The largest absolute Gasteiger partial charge is 0.300 e. The molecule has 0 radical (unpaired) electrons. The van der Waals surface area contributed by atoms with Gasteiger partial charge >= 0.3 is 0 Å². The van der Waals surface area contributed by atoms with Crippen molar-refractivity contribution in [3.63, 3.8) is 0 Å². The Morgan fingerprint density at radius 2 is 2.41 bits per heavy atom. The summed E-state index contributed by atoms with van der Waals surface area (Å²) in [7, 11) is 2.17. The molecule has 1 atom stereocenters. The fourth-order valence-corrected chi connectivity index (χ4v) is 2.58. The summed E-state index contributed by atoms with van der Waals surface area (Å²) >= 11 is 0. The normalized spacial score (nSPS) is 20.7. The maximum absolute atomic E-state index is 11.1. The van der Waals surface area contributed by atoms with Gasteiger partial charge in [-0.25, -0.2) is 0 Å². The summed E-state index contributed by atoms with van der Waals surface area (Å²) < 4.78 is 0. The molecule has 92 valence electrons. The van der Waals surface area contributed by atoms with E-state index in [-0.39, 0.29) is 5.78 Å². The number of hydrogen-bond acceptors (Lipinski definition) is 3. The summed E-state index contributed by atoms with van der Waals surface area (Å²) in [6.07, 6.45) is 7.73. The molecule has 0 N–H and O–H groups in total. The summed E-state index contributed by atoms with van der Waals surface area (Å²) in [4.78, 5) is 17.7. The Kier molecular flexibility index (Phi) is 3.89. The molecule has 17 heavy (non-hydrogen) atoms. The Morgan fingerprint density at radius 1 is 1.59 bits per heavy atom. The fraction of sp³-hybridized carbons (Fsp3) is 0.571. The standard InChI is InChI=1S/C14H20N2O/c1-11(17)5-6-12-7-8-15-10-13(12)14-4-3-9-16(14)2/h7-8,10,14H,3-6,9H2,1-2H3/t14-/m0/s1. The minimum atomic E-state index is 0.257. The van der Waals surface area contributed by atoms with Crippen molar-refractivity contribution in [3.8, 4) is 0 Å². The van der Waals surface area contributed by atoms with E-state index in [1.54, 1.807) is 6.92 Å². The van der Waals surface area contributed by atoms with Crippen LogP contribution >= 0.6 is 0 Å². The van der Waals surface area contributed by atoms with Crippen molar-refractivity contribution in [3.05, 3.63) is 29.6 Å². The van der Waals surface area contributed by atoms with Crippen molar-refractivity contribution in [2.75, 3.05) is 13.6 Å². The van der Waals surface area contributed by atoms with Crippen LogP contribution in [-0.2, 0) is 11.2 Å². The van der Waals surface area contributed by atoms with Crippen LogP contribution in [0.5, 0.6) is 0 Å². The lowest BCUT2D eigenvalue weighted by atomic mass is 9.97. The van der Waals surface area contributed by atoms with E-state index in [1.165, 1.54) is 24.0 Å². The van der Waals surface area contributed by atoms with Gasteiger partial charge in [-0.3, -0.25) is 9.88 Å². The first-order valence-electron chi connectivity index (χ1n) is 6.31. The number of carbonyl (C=O) groups excluding carboxylic acids is 1. The number of hydrogen-bond donors (Lipinski definition) is 0. The first-order chi connectivity index (χ1) is 8.18. The van der Waals surface area contributed by atoms with Gasteiger partial charge in [-0.2, -0.15) is 0 Å². The molecule has 0 unspecified atom stereocenters. The van der Waals surface area contributed by atoms with Crippen molar-refractivity contribution >= 4 is 5.78 Å². The van der Waals surface area contributed by atoms with E-state index >= 15 is 0 Å². The molecule has 0 aromatic carbocycles. The molecular weight excluding hydrogens is 212 g/mol. The third-order valence-electron chi connectivity index (χ3n) is 3.57. The number of likely N-dealkylation sites (tertiary alicyclic amines) is 1. The van der Waals surface area contributed by atoms with Crippen LogP contribution in [0.15, 0.2) is 18.5 Å². The average Bonchev–Trinajstić information content (AvgIpc) is 2.73. The second-order valence-electron chi connectivity index (χ2n) is 4.92. The molecule has 0 bridgehead atoms. The quantitative estimate of drug-likeness (QED) is 0.799. The Labute approximate surface area is 103 Å². The molecule has 3 heteroatoms. The number of aromatic nitrogens is 1. The molecule has 1 aliphatic rings. The van der Waals surface area contributed by atoms with E-state index < -0.39 is 0 Å². The molecule has 0 spiro atoms. The number of carbonyl (C=O) groups is 1. The minimum absolute atomic E-state index is 0.257. The molecular formula is C14H20N2O. The average molecular weight is 232 g/mol. The van der Waals surface area contributed by atoms with E-state index in [1.807, 2.05) is 12.4 Å². The highest BCUT2D eigenvalue weighted by Crippen LogP contribution is 2.32. The second-order valence-corrected chi connectivity index (χ2v) is 4.92. The smallest absolute Gasteiger partial charge is 0.130 e. The highest BCUT2D eigenvalue weighted by molar-refractivity contribution is 5.75. The number of ketones is 1. The third-order valence-corrected chi connectivity index (χ3v) is 3.57. The molecule has 0 aliphatic carbocycles. The predicted molar refractivity (Wildman–Crippen MR) is 67.8 cm³/mol. The predicted octanol–water partition coefficient (Wildman–Crippen LogP) is 2.37. The van der Waals surface area contributed by atoms with Crippen LogP contribution in [0.4, 0.5) is 0 Å². The first kappa shape index (κ1) is 12.2. The number of rotatable bonds is 4. The summed E-state index contributed by atoms with van der Waals surface area (Å²) in [6, 6.07) is 2.55. The van der Waals surface area contributed by atoms with Crippen molar-refractivity contribution in [1.82, 2.24) is 9.88 Å². The molecule has 0 saturated carbocycles. The van der Waals surface area contributed by atoms with E-state index in [4.69, 9.17) is 0 Å². The van der Waals surface area contributed by atoms with Crippen LogP contribution in [-0.4, -0.2) is 29.3 Å². The lowest BCUT2D eigenvalue weighted by Gasteiger charge is -2.22. The van der Waals surface area contributed by atoms with Gasteiger partial charge in [-0.1, -0.05) is 0 Å². The van der Waals surface area contributed by atoms with Gasteiger partial charge in [-0.15, -0.1) is 0 Å². The zero-order valence-corrected chi connectivity index (χ0v) is 10.6. The summed E-state index contributed by atoms with van der Waals surface area (Å²) in [5.74, 6) is 0.257. The Morgan fingerprint density at radius 3 is 3.06 bits per heavy atom. The maximum atomic E-state index is 11.1. The fourth-order valence-electron chi connectivity index (χ4n) is 2.58. The monoisotopic (exact) mass is 232 g/mol. The van der Waals surface area contributed by atoms with Gasteiger partial charge in [0.2, 0.25) is 0 Å². The van der Waals surface area contributed by atoms with Gasteiger partial charge in [-0.05, 0) is 57.0 Å². The topological polar surface area (TPSA) is 33.2 Å². The van der Waals surface area contributed by atoms with Gasteiger partial charge in [0, 0.05) is 24.9 Å². The van der Waals surface area contributed by atoms with Crippen LogP contribution in [0.25, 0.3) is 0 Å². The minimum Gasteiger partial charge on any atom is -0.300 e. The van der Waals surface area contributed by atoms with Gasteiger partial charge in [0.1, 0.15) is 5.78 Å². The molecule has 2 rings (SSSR count). The SMILES string of the molecule is CC(=O)CCc1ccncc1[C@@H]1CCCN1C. The first-order valence-corrected chi connectivity index (χ1v) is 6.31. The van der Waals surface area contributed by atoms with E-state index in [9.17, 15) is 4.79 Å². The molecule has 1 aromatic rings. The van der Waals surface area contributed by atoms with Crippen molar-refractivity contribution < 1.29 is 4.79 Å². The van der Waals surface area contributed by atoms with Crippen molar-refractivity contribution in [1.29, 1.82) is 0 Å². The summed E-state index contributed by atoms with van der Waals surface area (Å²) in [6.45, 7) is 2.81. The molecule has 1 saturated heterocycles. The summed E-state index contributed by atoms with van der Waals surface area (Å²) in [5, 5.41) is 0. The lowest BCUT2D eigenvalue weighted by Crippen LogP contribution is -2.19. The molecule has 1 fully saturated rings. The second kappa shape index (κ2) is 5.41. The molecule has 2 heterocycles. The molecule has 3 nitrogen and oxygen atoms in total. The number of pyridine rings is 1. The third kappa shape index (κ3) is 2.91. The Bertz CT molecular complexity index is 403. The van der Waals surface area contributed by atoms with Gasteiger partial charge in [0.25, 0.3) is 0 Å². The zero-order valence-electron chi connectivity index (χ0n) is 10.6. The van der Waals surface area contributed by atoms with Crippen molar-refractivity contribution in [2.45, 2.75) is 38.6 Å². The Hall–Kier alpha value is -1.22. The van der Waals surface area contributed by atoms with Crippen LogP contribution in [0.2, 0.25) is 0 Å². The van der Waals surface area contributed by atoms with Crippen LogP contribution in [0, 0.1) is 0 Å². The lowest BCUT2D eigenvalue weighted by molar-refractivity contribution is -0.116. The van der Waals surface area contributed by atoms with E-state index in [0.717, 1.165) is 13.0 Å². The number of aryl methyl sites for hydroxylation is 1. The van der Waals surface area contributed by atoms with E-state index in [0.29, 0.717) is 12.5 Å². The van der Waals surface area contributed by atoms with Gasteiger partial charge in [0.15, 0.2) is 0 Å². The molecule has 1 aliphatic heterocycles. The number of nitrogens with zero attached hydrogens (tertiary/aromatic N) is 2. The molecule has 0 amide bonds. The van der Waals surface area contributed by atoms with Crippen LogP contribution < -0.4 is 0 Å². The van der Waals surface area contributed by atoms with Gasteiger partial charge in [0.05, 0.1) is 0 Å². The molecule has 1 aromatic heterocycles. The van der Waals surface area contributed by atoms with Crippen LogP contribution in [0.3, 0.4) is 0 Å². The van der Waals surface area contributed by atoms with Crippen LogP contribution in [0.1, 0.15) is 43.4 Å². The zero-order chi connectivity index (χ0) is 12.3. The highest BCUT2D eigenvalue weighted by Gasteiger charge is 2.24. The Balaban J connectivity index is 2.18. The maximum Gasteiger partial charge on any atom is 0.130 e. The van der Waals surface area contributed by atoms with Gasteiger partial charge < -0.3 is 4.79 Å². The van der Waals surface area contributed by atoms with E-state index in [2.05, 4.69) is 23.0 Å².